The lowest BCUT2D eigenvalue weighted by Gasteiger charge is -2.13. The minimum atomic E-state index is -3.68. The van der Waals surface area contributed by atoms with Crippen molar-refractivity contribution in [1.29, 1.82) is 0 Å². The molecule has 2 aromatic heterocycles. The third-order valence-electron chi connectivity index (χ3n) is 5.27. The first-order chi connectivity index (χ1) is 14.3. The van der Waals surface area contributed by atoms with Crippen LogP contribution < -0.4 is 4.72 Å². The number of aryl methyl sites for hydroxylation is 3. The highest BCUT2D eigenvalue weighted by molar-refractivity contribution is 7.89. The molecule has 0 saturated heterocycles. The number of benzene rings is 2. The molecular weight excluding hydrogens is 396 g/mol. The SMILES string of the molecule is Cc1cc(C)c(S(=O)(=O)NCc2nc3cccnc3n2Cc2ccccc2)cc1C. The van der Waals surface area contributed by atoms with Crippen LogP contribution in [0, 0.1) is 20.8 Å². The number of hydrogen-bond donors (Lipinski definition) is 1. The van der Waals surface area contributed by atoms with E-state index < -0.39 is 10.0 Å². The maximum absolute atomic E-state index is 13.0. The second-order valence-electron chi connectivity index (χ2n) is 7.47. The molecule has 0 aliphatic carbocycles. The van der Waals surface area contributed by atoms with Crippen molar-refractivity contribution < 1.29 is 8.42 Å². The number of aromatic nitrogens is 3. The zero-order valence-corrected chi connectivity index (χ0v) is 18.1. The third kappa shape index (κ3) is 3.99. The first kappa shape index (κ1) is 20.3. The Labute approximate surface area is 176 Å². The molecule has 4 aromatic rings. The number of sulfonamides is 1. The fourth-order valence-electron chi connectivity index (χ4n) is 3.53. The fraction of sp³-hybridized carbons (Fsp3) is 0.217. The molecule has 0 radical (unpaired) electrons. The standard InChI is InChI=1S/C23H24N4O2S/c1-16-12-18(3)21(13-17(16)2)30(28,29)25-14-22-26-20-10-7-11-24-23(20)27(22)15-19-8-5-4-6-9-19/h4-13,25H,14-15H2,1-3H3. The van der Waals surface area contributed by atoms with Crippen LogP contribution in [0.5, 0.6) is 0 Å². The Morgan fingerprint density at radius 2 is 1.67 bits per heavy atom. The van der Waals surface area contributed by atoms with Gasteiger partial charge in [-0.1, -0.05) is 36.4 Å². The minimum Gasteiger partial charge on any atom is -0.307 e. The van der Waals surface area contributed by atoms with Crippen molar-refractivity contribution in [2.24, 2.45) is 0 Å². The molecule has 154 valence electrons. The maximum Gasteiger partial charge on any atom is 0.241 e. The van der Waals surface area contributed by atoms with E-state index in [0.717, 1.165) is 33.4 Å². The second-order valence-corrected chi connectivity index (χ2v) is 9.21. The van der Waals surface area contributed by atoms with Crippen LogP contribution in [0.3, 0.4) is 0 Å². The lowest BCUT2D eigenvalue weighted by molar-refractivity contribution is 0.576. The van der Waals surface area contributed by atoms with Gasteiger partial charge in [0.2, 0.25) is 10.0 Å². The molecule has 0 aliphatic heterocycles. The summed E-state index contributed by atoms with van der Waals surface area (Å²) in [7, 11) is -3.68. The van der Waals surface area contributed by atoms with Crippen LogP contribution >= 0.6 is 0 Å². The molecule has 0 saturated carbocycles. The predicted molar refractivity (Wildman–Crippen MR) is 118 cm³/mol. The zero-order valence-electron chi connectivity index (χ0n) is 17.3. The summed E-state index contributed by atoms with van der Waals surface area (Å²) >= 11 is 0. The molecule has 0 bridgehead atoms. The fourth-order valence-corrected chi connectivity index (χ4v) is 4.82. The normalized spacial score (nSPS) is 11.8. The largest absolute Gasteiger partial charge is 0.307 e. The number of imidazole rings is 1. The minimum absolute atomic E-state index is 0.0812. The number of nitrogens with zero attached hydrogens (tertiary/aromatic N) is 3. The van der Waals surface area contributed by atoms with Gasteiger partial charge >= 0.3 is 0 Å². The van der Waals surface area contributed by atoms with Crippen LogP contribution in [0.4, 0.5) is 0 Å². The second kappa shape index (κ2) is 8.01. The smallest absolute Gasteiger partial charge is 0.241 e. The number of fused-ring (bicyclic) bond motifs is 1. The molecule has 0 atom stereocenters. The van der Waals surface area contributed by atoms with Crippen molar-refractivity contribution >= 4 is 21.2 Å². The lowest BCUT2D eigenvalue weighted by Crippen LogP contribution is -2.26. The van der Waals surface area contributed by atoms with Crippen LogP contribution in [0.25, 0.3) is 11.2 Å². The van der Waals surface area contributed by atoms with Gasteiger partial charge in [-0.2, -0.15) is 0 Å². The van der Waals surface area contributed by atoms with E-state index in [9.17, 15) is 8.42 Å². The van der Waals surface area contributed by atoms with E-state index >= 15 is 0 Å². The summed E-state index contributed by atoms with van der Waals surface area (Å²) in [6, 6.07) is 17.3. The highest BCUT2D eigenvalue weighted by atomic mass is 32.2. The number of rotatable bonds is 6. The maximum atomic E-state index is 13.0. The van der Waals surface area contributed by atoms with E-state index in [4.69, 9.17) is 0 Å². The molecule has 0 aliphatic rings. The van der Waals surface area contributed by atoms with Crippen LogP contribution in [0.15, 0.2) is 65.7 Å². The van der Waals surface area contributed by atoms with Crippen LogP contribution in [0.1, 0.15) is 28.1 Å². The Hall–Kier alpha value is -3.03. The molecule has 6 nitrogen and oxygen atoms in total. The Balaban J connectivity index is 1.67. The van der Waals surface area contributed by atoms with Gasteiger partial charge in [-0.25, -0.2) is 23.1 Å². The van der Waals surface area contributed by atoms with Gasteiger partial charge in [0, 0.05) is 6.20 Å². The molecule has 1 N–H and O–H groups in total. The van der Waals surface area contributed by atoms with Gasteiger partial charge in [-0.05, 0) is 61.2 Å². The first-order valence-electron chi connectivity index (χ1n) is 9.77. The third-order valence-corrected chi connectivity index (χ3v) is 6.81. The number of pyridine rings is 1. The zero-order chi connectivity index (χ0) is 21.3. The highest BCUT2D eigenvalue weighted by Gasteiger charge is 2.20. The van der Waals surface area contributed by atoms with Gasteiger partial charge in [0.15, 0.2) is 5.65 Å². The van der Waals surface area contributed by atoms with Gasteiger partial charge in [0.25, 0.3) is 0 Å². The van der Waals surface area contributed by atoms with E-state index in [1.54, 1.807) is 12.3 Å². The first-order valence-corrected chi connectivity index (χ1v) is 11.2. The molecule has 2 heterocycles. The van der Waals surface area contributed by atoms with Crippen molar-refractivity contribution in [2.75, 3.05) is 0 Å². The molecule has 0 amide bonds. The van der Waals surface area contributed by atoms with E-state index in [-0.39, 0.29) is 6.54 Å². The summed E-state index contributed by atoms with van der Waals surface area (Å²) in [5.41, 5.74) is 5.31. The Bertz CT molecular complexity index is 1310. The van der Waals surface area contributed by atoms with Gasteiger partial charge in [-0.3, -0.25) is 0 Å². The van der Waals surface area contributed by atoms with Gasteiger partial charge in [0.05, 0.1) is 18.0 Å². The van der Waals surface area contributed by atoms with E-state index in [0.29, 0.717) is 17.3 Å². The average molecular weight is 421 g/mol. The quantitative estimate of drug-likeness (QED) is 0.513. The summed E-state index contributed by atoms with van der Waals surface area (Å²) in [5.74, 6) is 0.623. The van der Waals surface area contributed by atoms with Crippen LogP contribution in [-0.2, 0) is 23.1 Å². The van der Waals surface area contributed by atoms with Crippen molar-refractivity contribution in [3.8, 4) is 0 Å². The Morgan fingerprint density at radius 1 is 0.933 bits per heavy atom. The van der Waals surface area contributed by atoms with Gasteiger partial charge < -0.3 is 4.57 Å². The van der Waals surface area contributed by atoms with Gasteiger partial charge in [-0.15, -0.1) is 0 Å². The summed E-state index contributed by atoms with van der Waals surface area (Å²) in [6.07, 6.45) is 1.72. The van der Waals surface area contributed by atoms with E-state index in [1.807, 2.05) is 73.9 Å². The van der Waals surface area contributed by atoms with Crippen molar-refractivity contribution in [3.05, 3.63) is 88.9 Å². The predicted octanol–water partition coefficient (Wildman–Crippen LogP) is 3.88. The van der Waals surface area contributed by atoms with E-state index in [2.05, 4.69) is 14.7 Å². The number of nitrogens with one attached hydrogen (secondary N) is 1. The molecule has 7 heteroatoms. The van der Waals surface area contributed by atoms with Crippen LogP contribution in [0.2, 0.25) is 0 Å². The molecular formula is C23H24N4O2S. The molecule has 30 heavy (non-hydrogen) atoms. The summed E-state index contributed by atoms with van der Waals surface area (Å²) in [5, 5.41) is 0. The molecule has 4 rings (SSSR count). The van der Waals surface area contributed by atoms with Gasteiger partial charge in [0.1, 0.15) is 11.3 Å². The van der Waals surface area contributed by atoms with Crippen molar-refractivity contribution in [3.63, 3.8) is 0 Å². The monoisotopic (exact) mass is 420 g/mol. The topological polar surface area (TPSA) is 76.9 Å². The molecule has 0 fully saturated rings. The lowest BCUT2D eigenvalue weighted by atomic mass is 10.1. The van der Waals surface area contributed by atoms with Crippen LogP contribution in [-0.4, -0.2) is 23.0 Å². The number of hydrogen-bond acceptors (Lipinski definition) is 4. The summed E-state index contributed by atoms with van der Waals surface area (Å²) in [4.78, 5) is 9.39. The average Bonchev–Trinajstić information content (AvgIpc) is 3.07. The molecule has 2 aromatic carbocycles. The molecule has 0 spiro atoms. The summed E-state index contributed by atoms with van der Waals surface area (Å²) in [6.45, 7) is 6.35. The van der Waals surface area contributed by atoms with Crippen molar-refractivity contribution in [2.45, 2.75) is 38.8 Å². The molecule has 0 unspecified atom stereocenters. The highest BCUT2D eigenvalue weighted by Crippen LogP contribution is 2.21. The van der Waals surface area contributed by atoms with E-state index in [1.165, 1.54) is 0 Å². The Morgan fingerprint density at radius 3 is 2.43 bits per heavy atom. The summed E-state index contributed by atoms with van der Waals surface area (Å²) < 4.78 is 30.7. The van der Waals surface area contributed by atoms with Crippen molar-refractivity contribution in [1.82, 2.24) is 19.3 Å². The Kier molecular flexibility index (Phi) is 5.40.